The Morgan fingerprint density at radius 1 is 0.563 bits per heavy atom. The Hall–Kier alpha value is -8.82. The van der Waals surface area contributed by atoms with Crippen molar-refractivity contribution in [3.63, 3.8) is 0 Å². The lowest BCUT2D eigenvalue weighted by atomic mass is 9.78. The lowest BCUT2D eigenvalue weighted by molar-refractivity contribution is -0.143. The predicted molar refractivity (Wildman–Crippen MR) is 312 cm³/mol. The smallest absolute Gasteiger partial charge is 0.496 e. The van der Waals surface area contributed by atoms with Gasteiger partial charge in [0.1, 0.15) is 81.1 Å². The van der Waals surface area contributed by atoms with Gasteiger partial charge in [0, 0.05) is 59.3 Å². The average molecular weight is 1280 g/mol. The number of hydrogen-bond acceptors (Lipinski definition) is 15. The van der Waals surface area contributed by atoms with E-state index in [9.17, 15) is 56.3 Å². The van der Waals surface area contributed by atoms with Crippen LogP contribution < -0.4 is 35.0 Å². The fraction of sp³-hybridized carbons (Fsp3) is 0.246. The molecule has 0 aliphatic rings. The van der Waals surface area contributed by atoms with Gasteiger partial charge in [0.2, 0.25) is 0 Å². The van der Waals surface area contributed by atoms with Crippen molar-refractivity contribution in [2.45, 2.75) is 52.0 Å². The number of aliphatic carboxylic acids is 1. The molecular formula is C61H58BBrF6N4O14. The van der Waals surface area contributed by atoms with Gasteiger partial charge in [0.05, 0.1) is 70.8 Å². The molecule has 0 bridgehead atoms. The number of ether oxygens (including phenoxy) is 7. The third kappa shape index (κ3) is 16.4. The number of halogens is 7. The van der Waals surface area contributed by atoms with Crippen molar-refractivity contribution in [3.8, 4) is 34.1 Å². The summed E-state index contributed by atoms with van der Waals surface area (Å²) in [6, 6.07) is 18.2. The molecule has 18 nitrogen and oxygen atoms in total. The van der Waals surface area contributed by atoms with Gasteiger partial charge < -0.3 is 58.9 Å². The maximum Gasteiger partial charge on any atom is 0.496 e. The summed E-state index contributed by atoms with van der Waals surface area (Å²) in [5.74, 6) is -9.30. The van der Waals surface area contributed by atoms with Gasteiger partial charge in [-0.05, 0) is 125 Å². The summed E-state index contributed by atoms with van der Waals surface area (Å²) in [6.45, 7) is 5.60. The minimum atomic E-state index is -1.72. The molecule has 458 valence electrons. The van der Waals surface area contributed by atoms with Crippen molar-refractivity contribution in [1.29, 1.82) is 0 Å². The van der Waals surface area contributed by atoms with Gasteiger partial charge in [-0.25, -0.2) is 35.9 Å². The number of amides is 2. The number of aromatic nitrogens is 2. The quantitative estimate of drug-likeness (QED) is 0.0241. The van der Waals surface area contributed by atoms with Crippen LogP contribution in [0.15, 0.2) is 114 Å². The van der Waals surface area contributed by atoms with E-state index < -0.39 is 95.4 Å². The van der Waals surface area contributed by atoms with Crippen molar-refractivity contribution >= 4 is 74.1 Å². The summed E-state index contributed by atoms with van der Waals surface area (Å²) in [4.78, 5) is 57.9. The van der Waals surface area contributed by atoms with Gasteiger partial charge in [-0.2, -0.15) is 0 Å². The summed E-state index contributed by atoms with van der Waals surface area (Å²) in [5, 5.41) is 33.4. The van der Waals surface area contributed by atoms with Crippen molar-refractivity contribution in [2.24, 2.45) is 0 Å². The lowest BCUT2D eigenvalue weighted by Crippen LogP contribution is -2.43. The van der Waals surface area contributed by atoms with Gasteiger partial charge >= 0.3 is 19.1 Å². The summed E-state index contributed by atoms with van der Waals surface area (Å²) in [5.41, 5.74) is 1.60. The second-order valence-corrected chi connectivity index (χ2v) is 19.3. The Labute approximate surface area is 503 Å². The lowest BCUT2D eigenvalue weighted by Gasteiger charge is -2.20. The molecule has 2 amide bonds. The highest BCUT2D eigenvalue weighted by Crippen LogP contribution is 2.44. The van der Waals surface area contributed by atoms with Gasteiger partial charge in [-0.1, -0.05) is 24.3 Å². The number of hydrogen-bond donors (Lipinski definition) is 5. The number of nitrogens with one attached hydrogen (secondary N) is 2. The summed E-state index contributed by atoms with van der Waals surface area (Å²) >= 11 is 3.23. The minimum Gasteiger partial charge on any atom is -0.497 e. The van der Waals surface area contributed by atoms with Gasteiger partial charge in [-0.3, -0.25) is 19.6 Å². The Bertz CT molecular complexity index is 3700. The number of carbonyl (C=O) groups is 4. The zero-order valence-corrected chi connectivity index (χ0v) is 49.3. The summed E-state index contributed by atoms with van der Waals surface area (Å²) < 4.78 is 124. The maximum atomic E-state index is 15.8. The zero-order chi connectivity index (χ0) is 63.6. The van der Waals surface area contributed by atoms with Crippen LogP contribution in [0.3, 0.4) is 0 Å². The van der Waals surface area contributed by atoms with Crippen LogP contribution in [0.25, 0.3) is 32.9 Å². The Morgan fingerprint density at radius 3 is 1.40 bits per heavy atom. The first-order valence-corrected chi connectivity index (χ1v) is 27.1. The molecule has 0 aliphatic carbocycles. The van der Waals surface area contributed by atoms with Crippen LogP contribution in [0.4, 0.5) is 26.3 Å². The third-order valence-corrected chi connectivity index (χ3v) is 13.7. The molecule has 0 saturated carbocycles. The van der Waals surface area contributed by atoms with Crippen molar-refractivity contribution in [3.05, 3.63) is 182 Å². The number of carboxylic acid groups (broad SMARTS) is 1. The number of nitrogens with zero attached hydrogens (tertiary/aromatic N) is 2. The fourth-order valence-corrected chi connectivity index (χ4v) is 9.55. The number of carbonyl (C=O) groups excluding carboxylic acids is 3. The number of fused-ring (bicyclic) bond motifs is 2. The van der Waals surface area contributed by atoms with Gasteiger partial charge in [-0.15, -0.1) is 0 Å². The number of pyridine rings is 2. The molecule has 0 fully saturated rings. The molecule has 2 atom stereocenters. The van der Waals surface area contributed by atoms with Crippen LogP contribution in [0, 0.1) is 34.9 Å². The molecule has 0 radical (unpaired) electrons. The Kier molecular flexibility index (Phi) is 24.4. The SMILES string of the molecule is CCOCc1cc(OC)c(-c2cc(F)c(C[C@H](NC(=O)c3c(F)cccc3F)C(=O)O)c3cccnc23)c(OC)c1.CCOCc1cc(OC)c(B(O)O)c(OC)c1.COC(=O)[C@H](Cc1c(F)cc(Br)c2ncccc12)NC(=O)c1c(F)cccc1F. The molecule has 0 saturated heterocycles. The monoisotopic (exact) mass is 1270 g/mol. The second-order valence-electron chi connectivity index (χ2n) is 18.5. The third-order valence-electron chi connectivity index (χ3n) is 13.1. The maximum absolute atomic E-state index is 15.8. The van der Waals surface area contributed by atoms with E-state index in [4.69, 9.17) is 28.4 Å². The molecule has 2 aromatic heterocycles. The number of esters is 1. The average Bonchev–Trinajstić information content (AvgIpc) is 0.933. The number of carboxylic acids is 1. The fourth-order valence-electron chi connectivity index (χ4n) is 9.03. The molecule has 8 aromatic rings. The largest absolute Gasteiger partial charge is 0.497 e. The topological polar surface area (TPSA) is 243 Å². The highest BCUT2D eigenvalue weighted by molar-refractivity contribution is 9.10. The highest BCUT2D eigenvalue weighted by atomic mass is 79.9. The van der Waals surface area contributed by atoms with Crippen molar-refractivity contribution in [1.82, 2.24) is 20.6 Å². The molecule has 26 heteroatoms. The van der Waals surface area contributed by atoms with Crippen LogP contribution in [-0.2, 0) is 49.9 Å². The molecule has 8 rings (SSSR count). The summed E-state index contributed by atoms with van der Waals surface area (Å²) in [6.07, 6.45) is 2.17. The first-order chi connectivity index (χ1) is 41.7. The van der Waals surface area contributed by atoms with Crippen LogP contribution >= 0.6 is 15.9 Å². The van der Waals surface area contributed by atoms with Gasteiger partial charge in [0.25, 0.3) is 11.8 Å². The van der Waals surface area contributed by atoms with Crippen LogP contribution in [0.2, 0.25) is 0 Å². The predicted octanol–water partition coefficient (Wildman–Crippen LogP) is 9.15. The van der Waals surface area contributed by atoms with E-state index in [1.54, 1.807) is 48.5 Å². The van der Waals surface area contributed by atoms with Gasteiger partial charge in [0.15, 0.2) is 0 Å². The van der Waals surface area contributed by atoms with E-state index >= 15 is 4.39 Å². The van der Waals surface area contributed by atoms with E-state index in [-0.39, 0.29) is 28.4 Å². The Morgan fingerprint density at radius 2 is 0.977 bits per heavy atom. The normalized spacial score (nSPS) is 11.5. The zero-order valence-electron chi connectivity index (χ0n) is 47.7. The number of rotatable bonds is 22. The van der Waals surface area contributed by atoms with E-state index in [2.05, 4.69) is 41.3 Å². The van der Waals surface area contributed by atoms with Crippen LogP contribution in [0.5, 0.6) is 23.0 Å². The second kappa shape index (κ2) is 31.5. The number of benzene rings is 6. The Balaban J connectivity index is 0.000000228. The van der Waals surface area contributed by atoms with Crippen LogP contribution in [-0.4, -0.2) is 117 Å². The minimum absolute atomic E-state index is 0.0653. The number of methoxy groups -OCH3 is 5. The van der Waals surface area contributed by atoms with Crippen LogP contribution in [0.1, 0.15) is 56.8 Å². The van der Waals surface area contributed by atoms with E-state index in [0.29, 0.717) is 81.4 Å². The standard InChI is InChI=1S/C30H27F3N2O6.C20H14BrF3N2O3.C11H17BO5/c1-4-41-15-16-11-24(39-2)26(25(12-16)40-3)19-13-22(33)18(17-7-6-10-34-28(17)19)14-23(30(37)38)35-29(36)27-20(31)8-5-9-21(27)32;1-29-20(28)16(26-19(27)17-13(22)5-2-6-14(17)23)8-11-10-4-3-7-25-18(10)12(21)9-15(11)24;1-4-17-7-8-5-9(15-2)11(12(13)14)10(6-8)16-3/h5-13,23H,4,14-15H2,1-3H3,(H,35,36)(H,37,38);2-7,9,16H,8H2,1H3,(H,26,27);5-6,13-14H,4,7H2,1-3H3/t23-;16-;/m00./s1. The van der Waals surface area contributed by atoms with E-state index in [1.807, 2.05) is 13.8 Å². The molecule has 2 heterocycles. The van der Waals surface area contributed by atoms with E-state index in [1.165, 1.54) is 53.0 Å². The molecule has 87 heavy (non-hydrogen) atoms. The molecule has 0 aliphatic heterocycles. The summed E-state index contributed by atoms with van der Waals surface area (Å²) in [7, 11) is 5.29. The van der Waals surface area contributed by atoms with Crippen molar-refractivity contribution < 1.29 is 93.8 Å². The first-order valence-electron chi connectivity index (χ1n) is 26.3. The molecule has 6 aromatic carbocycles. The van der Waals surface area contributed by atoms with E-state index in [0.717, 1.165) is 54.6 Å². The first kappa shape index (κ1) is 67.3. The van der Waals surface area contributed by atoms with Crippen molar-refractivity contribution in [2.75, 3.05) is 48.8 Å². The highest BCUT2D eigenvalue weighted by Gasteiger charge is 2.31. The molecule has 5 N–H and O–H groups in total. The molecule has 0 unspecified atom stereocenters. The molecule has 0 spiro atoms. The molecular weight excluding hydrogens is 1220 g/mol.